The Hall–Kier alpha value is -1.26. The number of thioether (sulfide) groups is 1. The summed E-state index contributed by atoms with van der Waals surface area (Å²) in [5, 5.41) is 36.6. The van der Waals surface area contributed by atoms with Gasteiger partial charge in [-0.3, -0.25) is 5.10 Å². The van der Waals surface area contributed by atoms with E-state index >= 15 is 0 Å². The van der Waals surface area contributed by atoms with Crippen LogP contribution in [0.4, 0.5) is 0 Å². The van der Waals surface area contributed by atoms with Gasteiger partial charge in [0.05, 0.1) is 12.3 Å². The lowest BCUT2D eigenvalue weighted by Crippen LogP contribution is -2.32. The lowest BCUT2D eigenvalue weighted by atomic mass is 10.1. The Morgan fingerprint density at radius 1 is 1.30 bits per heavy atom. The topological polar surface area (TPSA) is 124 Å². The fourth-order valence-electron chi connectivity index (χ4n) is 2.32. The summed E-state index contributed by atoms with van der Waals surface area (Å²) in [5.41, 5.74) is 1.60. The van der Waals surface area contributed by atoms with Gasteiger partial charge in [-0.05, 0) is 6.26 Å². The number of aliphatic hydroxyl groups is 3. The lowest BCUT2D eigenvalue weighted by Gasteiger charge is -2.12. The van der Waals surface area contributed by atoms with Crippen LogP contribution >= 0.6 is 11.8 Å². The van der Waals surface area contributed by atoms with Crippen molar-refractivity contribution in [2.75, 3.05) is 12.9 Å². The Morgan fingerprint density at radius 3 is 2.75 bits per heavy atom. The number of ether oxygens (including phenoxy) is 1. The van der Waals surface area contributed by atoms with E-state index in [4.69, 9.17) is 9.84 Å². The van der Waals surface area contributed by atoms with Crippen LogP contribution in [0.1, 0.15) is 11.8 Å². The predicted molar refractivity (Wildman–Crippen MR) is 70.2 cm³/mol. The van der Waals surface area contributed by atoms with Gasteiger partial charge in [0.1, 0.15) is 46.8 Å². The molecule has 3 rings (SSSR count). The molecular weight excluding hydrogens is 284 g/mol. The molecule has 20 heavy (non-hydrogen) atoms. The van der Waals surface area contributed by atoms with Gasteiger partial charge in [-0.1, -0.05) is 0 Å². The normalized spacial score (nSPS) is 30.2. The molecule has 1 fully saturated rings. The van der Waals surface area contributed by atoms with E-state index in [9.17, 15) is 10.2 Å². The van der Waals surface area contributed by atoms with Gasteiger partial charge in [0, 0.05) is 0 Å². The first kappa shape index (κ1) is 13.7. The molecule has 0 aromatic carbocycles. The summed E-state index contributed by atoms with van der Waals surface area (Å²) >= 11 is 1.43. The Morgan fingerprint density at radius 2 is 2.10 bits per heavy atom. The van der Waals surface area contributed by atoms with E-state index in [1.165, 1.54) is 18.1 Å². The van der Waals surface area contributed by atoms with E-state index in [0.717, 1.165) is 0 Å². The molecule has 0 unspecified atom stereocenters. The predicted octanol–water partition coefficient (Wildman–Crippen LogP) is -0.771. The minimum absolute atomic E-state index is 0.369. The molecule has 0 aliphatic carbocycles. The third kappa shape index (κ3) is 1.98. The molecule has 9 heteroatoms. The summed E-state index contributed by atoms with van der Waals surface area (Å²) in [6, 6.07) is 0. The Kier molecular flexibility index (Phi) is 3.61. The Labute approximate surface area is 118 Å². The molecule has 4 N–H and O–H groups in total. The smallest absolute Gasteiger partial charge is 0.143 e. The summed E-state index contributed by atoms with van der Waals surface area (Å²) in [7, 11) is 0. The van der Waals surface area contributed by atoms with E-state index < -0.39 is 24.4 Å². The zero-order chi connectivity index (χ0) is 14.3. The van der Waals surface area contributed by atoms with Crippen molar-refractivity contribution in [1.29, 1.82) is 0 Å². The van der Waals surface area contributed by atoms with Crippen molar-refractivity contribution in [3.05, 3.63) is 12.0 Å². The SMILES string of the molecule is CSc1ncnc2c([C@H]3O[C@@H](CO)[C@@H](O)[C@H]3O)[nH]nc12. The number of rotatable bonds is 3. The van der Waals surface area contributed by atoms with Crippen LogP contribution in [0.2, 0.25) is 0 Å². The van der Waals surface area contributed by atoms with E-state index in [-0.39, 0.29) is 6.61 Å². The molecule has 0 amide bonds. The summed E-state index contributed by atoms with van der Waals surface area (Å²) in [6.07, 6.45) is -0.641. The second-order valence-corrected chi connectivity index (χ2v) is 5.27. The number of hydrogen-bond donors (Lipinski definition) is 4. The molecule has 0 saturated carbocycles. The van der Waals surface area contributed by atoms with Gasteiger partial charge in [0.15, 0.2) is 0 Å². The average Bonchev–Trinajstić information content (AvgIpc) is 3.01. The second kappa shape index (κ2) is 5.26. The van der Waals surface area contributed by atoms with Crippen LogP contribution in [0.25, 0.3) is 11.0 Å². The summed E-state index contributed by atoms with van der Waals surface area (Å²) in [6.45, 7) is -0.369. The van der Waals surface area contributed by atoms with Gasteiger partial charge in [-0.2, -0.15) is 5.10 Å². The minimum atomic E-state index is -1.15. The quantitative estimate of drug-likeness (QED) is 0.430. The zero-order valence-electron chi connectivity index (χ0n) is 10.6. The van der Waals surface area contributed by atoms with Gasteiger partial charge in [-0.25, -0.2) is 9.97 Å². The van der Waals surface area contributed by atoms with Crippen molar-refractivity contribution in [3.8, 4) is 0 Å². The number of fused-ring (bicyclic) bond motifs is 1. The number of hydrogen-bond acceptors (Lipinski definition) is 8. The molecule has 0 radical (unpaired) electrons. The van der Waals surface area contributed by atoms with E-state index in [0.29, 0.717) is 21.8 Å². The molecule has 8 nitrogen and oxygen atoms in total. The molecule has 0 spiro atoms. The molecule has 108 valence electrons. The summed E-state index contributed by atoms with van der Waals surface area (Å²) in [5.74, 6) is 0. The number of nitrogens with one attached hydrogen (secondary N) is 1. The highest BCUT2D eigenvalue weighted by Gasteiger charge is 2.44. The van der Waals surface area contributed by atoms with E-state index in [2.05, 4.69) is 20.2 Å². The fourth-order valence-corrected chi connectivity index (χ4v) is 2.80. The molecule has 1 saturated heterocycles. The van der Waals surface area contributed by atoms with Crippen molar-refractivity contribution in [2.24, 2.45) is 0 Å². The van der Waals surface area contributed by atoms with Gasteiger partial charge in [-0.15, -0.1) is 11.8 Å². The molecule has 2 aromatic rings. The van der Waals surface area contributed by atoms with Crippen LogP contribution in [0.3, 0.4) is 0 Å². The zero-order valence-corrected chi connectivity index (χ0v) is 11.4. The number of aromatic nitrogens is 4. The van der Waals surface area contributed by atoms with Crippen LogP contribution in [-0.2, 0) is 4.74 Å². The number of aromatic amines is 1. The highest BCUT2D eigenvalue weighted by atomic mass is 32.2. The van der Waals surface area contributed by atoms with Crippen LogP contribution in [-0.4, -0.2) is 66.7 Å². The molecule has 2 aromatic heterocycles. The maximum absolute atomic E-state index is 10.0. The monoisotopic (exact) mass is 298 g/mol. The fraction of sp³-hybridized carbons (Fsp3) is 0.545. The van der Waals surface area contributed by atoms with Crippen molar-refractivity contribution < 1.29 is 20.1 Å². The number of nitrogens with zero attached hydrogens (tertiary/aromatic N) is 3. The molecule has 1 aliphatic rings. The lowest BCUT2D eigenvalue weighted by molar-refractivity contribution is -0.0236. The highest BCUT2D eigenvalue weighted by molar-refractivity contribution is 7.98. The standard InChI is InChI=1S/C11H14N4O4S/c1-20-11-7-5(12-3-13-11)6(14-15-7)10-9(18)8(17)4(2-16)19-10/h3-4,8-10,16-18H,2H2,1H3,(H,14,15)/t4-,8+,9+,10+/m0/s1. The van der Waals surface area contributed by atoms with Crippen LogP contribution in [0.15, 0.2) is 11.4 Å². The first-order chi connectivity index (χ1) is 9.67. The van der Waals surface area contributed by atoms with Crippen LogP contribution in [0, 0.1) is 0 Å². The molecule has 3 heterocycles. The number of H-pyrrole nitrogens is 1. The minimum Gasteiger partial charge on any atom is -0.394 e. The number of aliphatic hydroxyl groups excluding tert-OH is 3. The largest absolute Gasteiger partial charge is 0.394 e. The van der Waals surface area contributed by atoms with Crippen LogP contribution in [0.5, 0.6) is 0 Å². The Balaban J connectivity index is 2.03. The molecule has 4 atom stereocenters. The summed E-state index contributed by atoms with van der Waals surface area (Å²) in [4.78, 5) is 8.26. The molecule has 1 aliphatic heterocycles. The van der Waals surface area contributed by atoms with E-state index in [1.807, 2.05) is 6.26 Å². The third-order valence-corrected chi connectivity index (χ3v) is 4.04. The van der Waals surface area contributed by atoms with Gasteiger partial charge in [0.25, 0.3) is 0 Å². The summed E-state index contributed by atoms with van der Waals surface area (Å²) < 4.78 is 5.47. The maximum Gasteiger partial charge on any atom is 0.143 e. The van der Waals surface area contributed by atoms with Crippen molar-refractivity contribution in [1.82, 2.24) is 20.2 Å². The highest BCUT2D eigenvalue weighted by Crippen LogP contribution is 2.36. The van der Waals surface area contributed by atoms with Gasteiger partial charge < -0.3 is 20.1 Å². The molecular formula is C11H14N4O4S. The Bertz CT molecular complexity index is 621. The van der Waals surface area contributed by atoms with Gasteiger partial charge in [0.2, 0.25) is 0 Å². The van der Waals surface area contributed by atoms with Gasteiger partial charge >= 0.3 is 0 Å². The van der Waals surface area contributed by atoms with E-state index in [1.54, 1.807) is 0 Å². The second-order valence-electron chi connectivity index (χ2n) is 4.48. The first-order valence-corrected chi connectivity index (χ1v) is 7.25. The maximum atomic E-state index is 10.0. The van der Waals surface area contributed by atoms with Crippen molar-refractivity contribution in [2.45, 2.75) is 29.4 Å². The van der Waals surface area contributed by atoms with Crippen molar-refractivity contribution in [3.63, 3.8) is 0 Å². The third-order valence-electron chi connectivity index (χ3n) is 3.35. The average molecular weight is 298 g/mol. The first-order valence-electron chi connectivity index (χ1n) is 6.02. The van der Waals surface area contributed by atoms with Crippen LogP contribution < -0.4 is 0 Å². The van der Waals surface area contributed by atoms with Crippen molar-refractivity contribution >= 4 is 22.8 Å². The molecule has 0 bridgehead atoms.